The first-order chi connectivity index (χ1) is 19.8. The molecule has 41 heavy (non-hydrogen) atoms. The van der Waals surface area contributed by atoms with Gasteiger partial charge in [-0.3, -0.25) is 9.62 Å². The van der Waals surface area contributed by atoms with Gasteiger partial charge in [0.25, 0.3) is 0 Å². The molecule has 9 heteroatoms. The largest absolute Gasteiger partial charge is 0.457 e. The van der Waals surface area contributed by atoms with Crippen LogP contribution in [0.4, 0.5) is 10.5 Å². The zero-order valence-electron chi connectivity index (χ0n) is 24.1. The fourth-order valence-electron chi connectivity index (χ4n) is 5.09. The molecule has 0 aliphatic carbocycles. The van der Waals surface area contributed by atoms with Crippen molar-refractivity contribution < 1.29 is 17.9 Å². The van der Waals surface area contributed by atoms with Crippen LogP contribution >= 0.6 is 0 Å². The maximum atomic E-state index is 13.1. The molecule has 3 aromatic carbocycles. The van der Waals surface area contributed by atoms with Crippen LogP contribution in [-0.4, -0.2) is 62.7 Å². The maximum absolute atomic E-state index is 13.1. The van der Waals surface area contributed by atoms with E-state index in [1.165, 1.54) is 11.1 Å². The molecule has 3 aromatic rings. The summed E-state index contributed by atoms with van der Waals surface area (Å²) in [6.07, 6.45) is 5.99. The van der Waals surface area contributed by atoms with Gasteiger partial charge in [0, 0.05) is 44.5 Å². The number of unbranched alkanes of at least 4 members (excludes halogenated alkanes) is 1. The lowest BCUT2D eigenvalue weighted by atomic mass is 10.0. The van der Waals surface area contributed by atoms with E-state index in [0.29, 0.717) is 18.0 Å². The SMILES string of the molecule is CCCCN(C(=O)NCCc1ccccc1)C1CCN(Cc2ccc(Oc3ccc(NS(C)(=O)=O)cc3)cc2)CC1. The minimum atomic E-state index is -3.31. The number of amides is 2. The third-order valence-electron chi connectivity index (χ3n) is 7.27. The van der Waals surface area contributed by atoms with Crippen molar-refractivity contribution in [2.24, 2.45) is 0 Å². The van der Waals surface area contributed by atoms with Crippen LogP contribution in [-0.2, 0) is 23.0 Å². The second-order valence-electron chi connectivity index (χ2n) is 10.7. The molecule has 1 heterocycles. The highest BCUT2D eigenvalue weighted by Gasteiger charge is 2.27. The fourth-order valence-corrected chi connectivity index (χ4v) is 5.65. The number of hydrogen-bond donors (Lipinski definition) is 2. The Hall–Kier alpha value is -3.56. The molecular weight excluding hydrogens is 536 g/mol. The number of benzene rings is 3. The van der Waals surface area contributed by atoms with Gasteiger partial charge >= 0.3 is 6.03 Å². The molecule has 0 aromatic heterocycles. The van der Waals surface area contributed by atoms with Crippen molar-refractivity contribution in [3.8, 4) is 11.5 Å². The third kappa shape index (κ3) is 10.1. The van der Waals surface area contributed by atoms with E-state index in [-0.39, 0.29) is 12.1 Å². The van der Waals surface area contributed by atoms with Crippen LogP contribution in [0.3, 0.4) is 0 Å². The van der Waals surface area contributed by atoms with Crippen LogP contribution in [0.1, 0.15) is 43.7 Å². The summed E-state index contributed by atoms with van der Waals surface area (Å²) in [4.78, 5) is 17.6. The van der Waals surface area contributed by atoms with Gasteiger partial charge in [0.15, 0.2) is 0 Å². The number of urea groups is 1. The number of hydrogen-bond acceptors (Lipinski definition) is 5. The molecule has 0 spiro atoms. The Morgan fingerprint density at radius 2 is 1.56 bits per heavy atom. The van der Waals surface area contributed by atoms with Crippen LogP contribution in [0, 0.1) is 0 Å². The molecule has 2 N–H and O–H groups in total. The zero-order valence-corrected chi connectivity index (χ0v) is 24.9. The van der Waals surface area contributed by atoms with Crippen LogP contribution in [0.2, 0.25) is 0 Å². The highest BCUT2D eigenvalue weighted by molar-refractivity contribution is 7.92. The predicted molar refractivity (Wildman–Crippen MR) is 165 cm³/mol. The first kappa shape index (κ1) is 30.4. The van der Waals surface area contributed by atoms with Gasteiger partial charge < -0.3 is 15.0 Å². The molecule has 0 atom stereocenters. The third-order valence-corrected chi connectivity index (χ3v) is 7.87. The molecule has 1 saturated heterocycles. The molecule has 220 valence electrons. The van der Waals surface area contributed by atoms with E-state index in [1.54, 1.807) is 24.3 Å². The quantitative estimate of drug-likeness (QED) is 0.265. The summed E-state index contributed by atoms with van der Waals surface area (Å²) in [7, 11) is -3.31. The van der Waals surface area contributed by atoms with Crippen LogP contribution in [0.25, 0.3) is 0 Å². The summed E-state index contributed by atoms with van der Waals surface area (Å²) < 4.78 is 31.1. The average Bonchev–Trinajstić information content (AvgIpc) is 2.96. The van der Waals surface area contributed by atoms with Crippen molar-refractivity contribution in [3.05, 3.63) is 90.0 Å². The molecule has 0 radical (unpaired) electrons. The Morgan fingerprint density at radius 1 is 0.927 bits per heavy atom. The number of rotatable bonds is 13. The van der Waals surface area contributed by atoms with E-state index < -0.39 is 10.0 Å². The normalized spacial score (nSPS) is 14.4. The molecule has 0 bridgehead atoms. The standard InChI is InChI=1S/C32H42N4O4S/c1-3-4-22-36(32(37)33-21-18-26-8-6-5-7-9-26)29-19-23-35(24-20-29)25-27-10-14-30(15-11-27)40-31-16-12-28(13-17-31)34-41(2,38)39/h5-17,29,34H,3-4,18-25H2,1-2H3,(H,33,37). The predicted octanol–water partition coefficient (Wildman–Crippen LogP) is 5.87. The molecule has 2 amide bonds. The maximum Gasteiger partial charge on any atom is 0.317 e. The number of nitrogens with one attached hydrogen (secondary N) is 2. The molecule has 1 aliphatic heterocycles. The number of carbonyl (C=O) groups excluding carboxylic acids is 1. The van der Waals surface area contributed by atoms with Crippen molar-refractivity contribution in [3.63, 3.8) is 0 Å². The molecule has 8 nitrogen and oxygen atoms in total. The topological polar surface area (TPSA) is 91.0 Å². The monoisotopic (exact) mass is 578 g/mol. The van der Waals surface area contributed by atoms with Crippen LogP contribution in [0.5, 0.6) is 11.5 Å². The Bertz CT molecular complexity index is 1320. The zero-order chi connectivity index (χ0) is 29.1. The summed E-state index contributed by atoms with van der Waals surface area (Å²) in [5.74, 6) is 1.36. The summed E-state index contributed by atoms with van der Waals surface area (Å²) in [6.45, 7) is 6.39. The van der Waals surface area contributed by atoms with Crippen LogP contribution in [0.15, 0.2) is 78.9 Å². The van der Waals surface area contributed by atoms with E-state index in [2.05, 4.69) is 51.0 Å². The highest BCUT2D eigenvalue weighted by Crippen LogP contribution is 2.25. The molecule has 4 rings (SSSR count). The molecule has 1 fully saturated rings. The average molecular weight is 579 g/mol. The summed E-state index contributed by atoms with van der Waals surface area (Å²) >= 11 is 0. The lowest BCUT2D eigenvalue weighted by molar-refractivity contribution is 0.116. The van der Waals surface area contributed by atoms with E-state index in [9.17, 15) is 13.2 Å². The fraction of sp³-hybridized carbons (Fsp3) is 0.406. The van der Waals surface area contributed by atoms with Crippen molar-refractivity contribution in [2.45, 2.75) is 51.6 Å². The second kappa shape index (κ2) is 14.9. The number of ether oxygens (including phenoxy) is 1. The smallest absolute Gasteiger partial charge is 0.317 e. The number of likely N-dealkylation sites (tertiary alicyclic amines) is 1. The van der Waals surface area contributed by atoms with E-state index >= 15 is 0 Å². The molecule has 1 aliphatic rings. The number of carbonyl (C=O) groups is 1. The minimum Gasteiger partial charge on any atom is -0.457 e. The van der Waals surface area contributed by atoms with Gasteiger partial charge in [-0.05, 0) is 73.2 Å². The molecule has 0 saturated carbocycles. The number of anilines is 1. The lowest BCUT2D eigenvalue weighted by Gasteiger charge is -2.38. The summed E-state index contributed by atoms with van der Waals surface area (Å²) in [5.41, 5.74) is 2.94. The van der Waals surface area contributed by atoms with Crippen molar-refractivity contribution in [1.29, 1.82) is 0 Å². The second-order valence-corrected chi connectivity index (χ2v) is 12.4. The van der Waals surface area contributed by atoms with Gasteiger partial charge in [0.2, 0.25) is 10.0 Å². The Morgan fingerprint density at radius 3 is 2.17 bits per heavy atom. The first-order valence-electron chi connectivity index (χ1n) is 14.4. The Balaban J connectivity index is 1.23. The van der Waals surface area contributed by atoms with Crippen molar-refractivity contribution in [1.82, 2.24) is 15.1 Å². The van der Waals surface area contributed by atoms with Crippen molar-refractivity contribution >= 4 is 21.7 Å². The van der Waals surface area contributed by atoms with Gasteiger partial charge in [-0.15, -0.1) is 0 Å². The van der Waals surface area contributed by atoms with E-state index in [1.807, 2.05) is 30.3 Å². The Kier molecular flexibility index (Phi) is 11.0. The van der Waals surface area contributed by atoms with Crippen molar-refractivity contribution in [2.75, 3.05) is 37.2 Å². The van der Waals surface area contributed by atoms with E-state index in [0.717, 1.165) is 70.3 Å². The van der Waals surface area contributed by atoms with Gasteiger partial charge in [-0.2, -0.15) is 0 Å². The van der Waals surface area contributed by atoms with Gasteiger partial charge in [-0.1, -0.05) is 55.8 Å². The minimum absolute atomic E-state index is 0.0599. The summed E-state index contributed by atoms with van der Waals surface area (Å²) in [5, 5.41) is 3.16. The van der Waals surface area contributed by atoms with Gasteiger partial charge in [-0.25, -0.2) is 13.2 Å². The highest BCUT2D eigenvalue weighted by atomic mass is 32.2. The van der Waals surface area contributed by atoms with Gasteiger partial charge in [0.1, 0.15) is 11.5 Å². The first-order valence-corrected chi connectivity index (χ1v) is 16.3. The molecule has 0 unspecified atom stereocenters. The van der Waals surface area contributed by atoms with Gasteiger partial charge in [0.05, 0.1) is 6.26 Å². The van der Waals surface area contributed by atoms with Crippen LogP contribution < -0.4 is 14.8 Å². The van der Waals surface area contributed by atoms with E-state index in [4.69, 9.17) is 4.74 Å². The Labute approximate surface area is 244 Å². The number of nitrogens with zero attached hydrogens (tertiary/aromatic N) is 2. The summed E-state index contributed by atoms with van der Waals surface area (Å²) in [6, 6.07) is 25.5. The number of sulfonamides is 1. The number of piperidine rings is 1. The molecular formula is C32H42N4O4S. The lowest BCUT2D eigenvalue weighted by Crippen LogP contribution is -2.51.